The predicted octanol–water partition coefficient (Wildman–Crippen LogP) is 0.609. The van der Waals surface area contributed by atoms with Crippen LogP contribution in [0.1, 0.15) is 5.82 Å². The maximum absolute atomic E-state index is 11.8. The molecule has 0 atom stereocenters. The Bertz CT molecular complexity index is 682. The minimum Gasteiger partial charge on any atom is -0.399 e. The number of nitrogens with one attached hydrogen (secondary N) is 1. The molecule has 21 heavy (non-hydrogen) atoms. The van der Waals surface area contributed by atoms with Gasteiger partial charge in [0.15, 0.2) is 5.82 Å². The fraction of sp³-hybridized carbons (Fsp3) is 0.333. The fourth-order valence-electron chi connectivity index (χ4n) is 1.54. The van der Waals surface area contributed by atoms with E-state index in [0.29, 0.717) is 17.3 Å². The van der Waals surface area contributed by atoms with E-state index in [1.54, 1.807) is 19.2 Å². The van der Waals surface area contributed by atoms with Crippen molar-refractivity contribution in [1.82, 2.24) is 19.5 Å². The summed E-state index contributed by atoms with van der Waals surface area (Å²) in [4.78, 5) is 4.95. The van der Waals surface area contributed by atoms with Gasteiger partial charge in [-0.2, -0.15) is 5.10 Å². The number of hydrogen-bond acceptors (Lipinski definition) is 6. The van der Waals surface area contributed by atoms with Crippen molar-refractivity contribution in [3.8, 4) is 0 Å². The lowest BCUT2D eigenvalue weighted by atomic mass is 10.3. The van der Waals surface area contributed by atoms with E-state index >= 15 is 0 Å². The third kappa shape index (κ3) is 5.37. The molecular formula is C12H17N5O2S2. The molecule has 0 saturated carbocycles. The van der Waals surface area contributed by atoms with Crippen molar-refractivity contribution >= 4 is 27.5 Å². The molecule has 0 aliphatic rings. The monoisotopic (exact) mass is 327 g/mol. The topological polar surface area (TPSA) is 103 Å². The van der Waals surface area contributed by atoms with Crippen LogP contribution in [0.3, 0.4) is 0 Å². The molecule has 1 aromatic carbocycles. The van der Waals surface area contributed by atoms with Gasteiger partial charge >= 0.3 is 0 Å². The van der Waals surface area contributed by atoms with E-state index in [9.17, 15) is 8.42 Å². The summed E-state index contributed by atoms with van der Waals surface area (Å²) in [6, 6.07) is 7.33. The highest BCUT2D eigenvalue weighted by molar-refractivity contribution is 8.00. The molecule has 0 aliphatic heterocycles. The lowest BCUT2D eigenvalue weighted by Crippen LogP contribution is -2.27. The van der Waals surface area contributed by atoms with Crippen LogP contribution in [-0.2, 0) is 23.6 Å². The van der Waals surface area contributed by atoms with Crippen LogP contribution in [0, 0.1) is 0 Å². The largest absolute Gasteiger partial charge is 0.399 e. The number of nitrogens with zero attached hydrogens (tertiary/aromatic N) is 3. The first-order valence-corrected chi connectivity index (χ1v) is 8.88. The van der Waals surface area contributed by atoms with Crippen molar-refractivity contribution in [1.29, 1.82) is 0 Å². The molecule has 0 aliphatic carbocycles. The van der Waals surface area contributed by atoms with Crippen molar-refractivity contribution in [3.63, 3.8) is 0 Å². The van der Waals surface area contributed by atoms with Gasteiger partial charge in [0.2, 0.25) is 10.0 Å². The quantitative estimate of drug-likeness (QED) is 0.570. The van der Waals surface area contributed by atoms with E-state index in [2.05, 4.69) is 14.8 Å². The Labute approximate surface area is 128 Å². The van der Waals surface area contributed by atoms with Crippen molar-refractivity contribution in [2.45, 2.75) is 11.4 Å². The number of aryl methyl sites for hydroxylation is 1. The summed E-state index contributed by atoms with van der Waals surface area (Å²) in [5, 5.41) is 4.01. The summed E-state index contributed by atoms with van der Waals surface area (Å²) < 4.78 is 27.7. The molecular weight excluding hydrogens is 310 g/mol. The van der Waals surface area contributed by atoms with Gasteiger partial charge in [-0.05, 0) is 24.3 Å². The Balaban J connectivity index is 1.77. The molecule has 7 nitrogen and oxygen atoms in total. The number of aromatic nitrogens is 3. The van der Waals surface area contributed by atoms with Crippen LogP contribution >= 0.6 is 11.8 Å². The predicted molar refractivity (Wildman–Crippen MR) is 83.2 cm³/mol. The Morgan fingerprint density at radius 1 is 1.33 bits per heavy atom. The lowest BCUT2D eigenvalue weighted by Gasteiger charge is -2.05. The molecule has 0 fully saturated rings. The van der Waals surface area contributed by atoms with Crippen LogP contribution in [0.4, 0.5) is 5.69 Å². The first kappa shape index (κ1) is 15.8. The van der Waals surface area contributed by atoms with Gasteiger partial charge in [-0.1, -0.05) is 0 Å². The van der Waals surface area contributed by atoms with Gasteiger partial charge in [0.05, 0.1) is 12.3 Å². The zero-order valence-corrected chi connectivity index (χ0v) is 13.2. The highest BCUT2D eigenvalue weighted by Gasteiger charge is 2.11. The number of nitrogens with two attached hydrogens (primary N) is 1. The van der Waals surface area contributed by atoms with E-state index in [0.717, 1.165) is 4.90 Å². The number of thioether (sulfide) groups is 1. The number of nitrogen functional groups attached to an aromatic ring is 1. The summed E-state index contributed by atoms with van der Waals surface area (Å²) in [7, 11) is -1.60. The smallest absolute Gasteiger partial charge is 0.212 e. The van der Waals surface area contributed by atoms with E-state index in [-0.39, 0.29) is 12.3 Å². The van der Waals surface area contributed by atoms with Crippen LogP contribution in [0.25, 0.3) is 0 Å². The lowest BCUT2D eigenvalue weighted by molar-refractivity contribution is 0.580. The SMILES string of the molecule is Cn1cnc(CNS(=O)(=O)CCSc2ccc(N)cc2)n1. The van der Waals surface area contributed by atoms with Gasteiger partial charge in [0.25, 0.3) is 0 Å². The van der Waals surface area contributed by atoms with E-state index in [4.69, 9.17) is 5.73 Å². The molecule has 0 unspecified atom stereocenters. The van der Waals surface area contributed by atoms with E-state index < -0.39 is 10.0 Å². The number of hydrogen-bond donors (Lipinski definition) is 2. The van der Waals surface area contributed by atoms with Crippen LogP contribution in [0.15, 0.2) is 35.5 Å². The average Bonchev–Trinajstić information content (AvgIpc) is 2.85. The molecule has 9 heteroatoms. The summed E-state index contributed by atoms with van der Waals surface area (Å²) in [6.07, 6.45) is 1.53. The normalized spacial score (nSPS) is 11.7. The molecule has 0 spiro atoms. The molecule has 2 rings (SSSR count). The molecule has 0 radical (unpaired) electrons. The third-order valence-electron chi connectivity index (χ3n) is 2.60. The van der Waals surface area contributed by atoms with Crippen molar-refractivity contribution in [2.75, 3.05) is 17.2 Å². The fourth-order valence-corrected chi connectivity index (χ4v) is 3.81. The van der Waals surface area contributed by atoms with Gasteiger partial charge in [0.1, 0.15) is 6.33 Å². The van der Waals surface area contributed by atoms with Gasteiger partial charge < -0.3 is 5.73 Å². The first-order chi connectivity index (χ1) is 9.94. The zero-order valence-electron chi connectivity index (χ0n) is 11.6. The molecule has 0 bridgehead atoms. The van der Waals surface area contributed by atoms with Gasteiger partial charge in [-0.3, -0.25) is 4.68 Å². The van der Waals surface area contributed by atoms with Crippen molar-refractivity contribution in [3.05, 3.63) is 36.4 Å². The molecule has 2 aromatic rings. The van der Waals surface area contributed by atoms with Crippen molar-refractivity contribution in [2.24, 2.45) is 7.05 Å². The second kappa shape index (κ2) is 6.92. The summed E-state index contributed by atoms with van der Waals surface area (Å²) in [5.41, 5.74) is 6.28. The Kier molecular flexibility index (Phi) is 5.21. The average molecular weight is 327 g/mol. The summed E-state index contributed by atoms with van der Waals surface area (Å²) in [5.74, 6) is 0.955. The minimum atomic E-state index is -3.33. The number of sulfonamides is 1. The third-order valence-corrected chi connectivity index (χ3v) is 5.20. The molecule has 1 heterocycles. The van der Waals surface area contributed by atoms with Gasteiger partial charge in [-0.25, -0.2) is 18.1 Å². The van der Waals surface area contributed by atoms with Crippen LogP contribution < -0.4 is 10.5 Å². The molecule has 1 aromatic heterocycles. The highest BCUT2D eigenvalue weighted by atomic mass is 32.2. The minimum absolute atomic E-state index is 0.0366. The number of benzene rings is 1. The molecule has 114 valence electrons. The van der Waals surface area contributed by atoms with Gasteiger partial charge in [0, 0.05) is 23.4 Å². The Morgan fingerprint density at radius 2 is 2.05 bits per heavy atom. The molecule has 0 amide bonds. The maximum atomic E-state index is 11.8. The second-order valence-corrected chi connectivity index (χ2v) is 7.49. The summed E-state index contributed by atoms with van der Waals surface area (Å²) in [6.45, 7) is 0.107. The second-order valence-electron chi connectivity index (χ2n) is 4.39. The highest BCUT2D eigenvalue weighted by Crippen LogP contribution is 2.19. The molecule has 3 N–H and O–H groups in total. The standard InChI is InChI=1S/C12H17N5O2S2/c1-17-9-14-12(16-17)8-15-21(18,19)7-6-20-11-4-2-10(13)3-5-11/h2-5,9,15H,6-8,13H2,1H3. The Morgan fingerprint density at radius 3 is 2.67 bits per heavy atom. The first-order valence-electron chi connectivity index (χ1n) is 6.25. The van der Waals surface area contributed by atoms with Crippen LogP contribution in [0.2, 0.25) is 0 Å². The van der Waals surface area contributed by atoms with E-state index in [1.165, 1.54) is 22.8 Å². The number of rotatable bonds is 7. The maximum Gasteiger partial charge on any atom is 0.212 e. The van der Waals surface area contributed by atoms with Crippen LogP contribution in [0.5, 0.6) is 0 Å². The molecule has 0 saturated heterocycles. The van der Waals surface area contributed by atoms with Gasteiger partial charge in [-0.15, -0.1) is 11.8 Å². The number of anilines is 1. The Hall–Kier alpha value is -1.58. The zero-order chi connectivity index (χ0) is 15.3. The summed E-state index contributed by atoms with van der Waals surface area (Å²) >= 11 is 1.47. The van der Waals surface area contributed by atoms with E-state index in [1.807, 2.05) is 12.1 Å². The van der Waals surface area contributed by atoms with Crippen LogP contribution in [-0.4, -0.2) is 34.7 Å². The van der Waals surface area contributed by atoms with Crippen molar-refractivity contribution < 1.29 is 8.42 Å².